The quantitative estimate of drug-likeness (QED) is 0.624. The average molecular weight is 253 g/mol. The van der Waals surface area contributed by atoms with Crippen LogP contribution in [0.1, 0.15) is 29.3 Å². The maximum atomic E-state index is 11.3. The molecule has 0 unspecified atom stereocenters. The summed E-state index contributed by atoms with van der Waals surface area (Å²) in [7, 11) is 0. The molecule has 0 spiro atoms. The first-order valence-electron chi connectivity index (χ1n) is 6.64. The Balaban J connectivity index is 1.80. The monoisotopic (exact) mass is 253 g/mol. The Hall–Kier alpha value is -2.09. The number of carbonyl (C=O) groups is 1. The van der Waals surface area contributed by atoms with E-state index < -0.39 is 0 Å². The van der Waals surface area contributed by atoms with Crippen LogP contribution in [0.15, 0.2) is 54.6 Å². The van der Waals surface area contributed by atoms with Gasteiger partial charge in [-0.05, 0) is 37.5 Å². The second-order valence-electron chi connectivity index (χ2n) is 4.65. The third-order valence-corrected chi connectivity index (χ3v) is 3.08. The van der Waals surface area contributed by atoms with Crippen molar-refractivity contribution in [1.82, 2.24) is 0 Å². The SMILES string of the molecule is CC(=O)c1cccc(NCCCc2ccccc2)c1. The molecule has 0 atom stereocenters. The molecular formula is C17H19NO. The number of anilines is 1. The molecule has 0 saturated carbocycles. The van der Waals surface area contributed by atoms with Gasteiger partial charge in [0.1, 0.15) is 0 Å². The number of rotatable bonds is 6. The molecule has 0 radical (unpaired) electrons. The number of hydrogen-bond acceptors (Lipinski definition) is 2. The molecule has 0 aliphatic rings. The molecule has 2 nitrogen and oxygen atoms in total. The van der Waals surface area contributed by atoms with Crippen molar-refractivity contribution in [3.63, 3.8) is 0 Å². The van der Waals surface area contributed by atoms with Gasteiger partial charge in [0.2, 0.25) is 0 Å². The highest BCUT2D eigenvalue weighted by Gasteiger charge is 1.99. The van der Waals surface area contributed by atoms with Crippen molar-refractivity contribution >= 4 is 11.5 Å². The standard InChI is InChI=1S/C17H19NO/c1-14(19)16-10-5-11-17(13-16)18-12-6-9-15-7-3-2-4-8-15/h2-5,7-8,10-11,13,18H,6,9,12H2,1H3. The summed E-state index contributed by atoms with van der Waals surface area (Å²) in [6.07, 6.45) is 2.15. The summed E-state index contributed by atoms with van der Waals surface area (Å²) in [5.41, 5.74) is 3.13. The highest BCUT2D eigenvalue weighted by molar-refractivity contribution is 5.94. The number of ketones is 1. The first kappa shape index (κ1) is 13.3. The lowest BCUT2D eigenvalue weighted by Gasteiger charge is -2.07. The van der Waals surface area contributed by atoms with Gasteiger partial charge in [-0.1, -0.05) is 42.5 Å². The molecule has 2 aromatic carbocycles. The molecule has 1 N–H and O–H groups in total. The topological polar surface area (TPSA) is 29.1 Å². The third-order valence-electron chi connectivity index (χ3n) is 3.08. The van der Waals surface area contributed by atoms with E-state index in [2.05, 4.69) is 29.6 Å². The summed E-state index contributed by atoms with van der Waals surface area (Å²) >= 11 is 0. The summed E-state index contributed by atoms with van der Waals surface area (Å²) in [6, 6.07) is 18.1. The van der Waals surface area contributed by atoms with Gasteiger partial charge in [-0.3, -0.25) is 4.79 Å². The Kier molecular flexibility index (Phi) is 4.73. The zero-order chi connectivity index (χ0) is 13.5. The molecule has 2 heteroatoms. The largest absolute Gasteiger partial charge is 0.385 e. The lowest BCUT2D eigenvalue weighted by Crippen LogP contribution is -2.04. The van der Waals surface area contributed by atoms with Crippen molar-refractivity contribution in [2.45, 2.75) is 19.8 Å². The third kappa shape index (κ3) is 4.25. The highest BCUT2D eigenvalue weighted by Crippen LogP contribution is 2.11. The summed E-state index contributed by atoms with van der Waals surface area (Å²) in [6.45, 7) is 2.50. The normalized spacial score (nSPS) is 10.2. The van der Waals surface area contributed by atoms with E-state index in [9.17, 15) is 4.79 Å². The minimum atomic E-state index is 0.105. The van der Waals surface area contributed by atoms with Gasteiger partial charge in [-0.15, -0.1) is 0 Å². The van der Waals surface area contributed by atoms with E-state index in [1.165, 1.54) is 5.56 Å². The van der Waals surface area contributed by atoms with E-state index >= 15 is 0 Å². The van der Waals surface area contributed by atoms with E-state index in [-0.39, 0.29) is 5.78 Å². The molecule has 0 saturated heterocycles. The zero-order valence-electron chi connectivity index (χ0n) is 11.2. The van der Waals surface area contributed by atoms with Crippen LogP contribution in [-0.4, -0.2) is 12.3 Å². The Morgan fingerprint density at radius 1 is 1.05 bits per heavy atom. The Morgan fingerprint density at radius 3 is 2.58 bits per heavy atom. The van der Waals surface area contributed by atoms with Crippen LogP contribution < -0.4 is 5.32 Å². The van der Waals surface area contributed by atoms with Crippen molar-refractivity contribution in [3.05, 3.63) is 65.7 Å². The lowest BCUT2D eigenvalue weighted by molar-refractivity contribution is 0.101. The van der Waals surface area contributed by atoms with Crippen LogP contribution in [0.25, 0.3) is 0 Å². The first-order chi connectivity index (χ1) is 9.25. The molecule has 2 rings (SSSR count). The molecule has 0 aromatic heterocycles. The first-order valence-corrected chi connectivity index (χ1v) is 6.64. The predicted molar refractivity (Wildman–Crippen MR) is 79.7 cm³/mol. The van der Waals surface area contributed by atoms with Crippen LogP contribution in [0.5, 0.6) is 0 Å². The molecule has 19 heavy (non-hydrogen) atoms. The summed E-state index contributed by atoms with van der Waals surface area (Å²) in [5.74, 6) is 0.105. The summed E-state index contributed by atoms with van der Waals surface area (Å²) in [5, 5.41) is 3.36. The molecule has 0 heterocycles. The molecule has 0 aliphatic carbocycles. The van der Waals surface area contributed by atoms with Gasteiger partial charge in [0.15, 0.2) is 5.78 Å². The molecular weight excluding hydrogens is 234 g/mol. The van der Waals surface area contributed by atoms with Gasteiger partial charge >= 0.3 is 0 Å². The summed E-state index contributed by atoms with van der Waals surface area (Å²) < 4.78 is 0. The second kappa shape index (κ2) is 6.74. The Morgan fingerprint density at radius 2 is 1.84 bits per heavy atom. The second-order valence-corrected chi connectivity index (χ2v) is 4.65. The fourth-order valence-electron chi connectivity index (χ4n) is 2.02. The minimum Gasteiger partial charge on any atom is -0.385 e. The van der Waals surface area contributed by atoms with Crippen LogP contribution in [0, 0.1) is 0 Å². The molecule has 0 bridgehead atoms. The average Bonchev–Trinajstić information content (AvgIpc) is 2.45. The summed E-state index contributed by atoms with van der Waals surface area (Å²) in [4.78, 5) is 11.3. The van der Waals surface area contributed by atoms with E-state index in [0.29, 0.717) is 0 Å². The van der Waals surface area contributed by atoms with Gasteiger partial charge in [0, 0.05) is 17.8 Å². The maximum Gasteiger partial charge on any atom is 0.159 e. The van der Waals surface area contributed by atoms with Gasteiger partial charge < -0.3 is 5.32 Å². The van der Waals surface area contributed by atoms with Crippen molar-refractivity contribution < 1.29 is 4.79 Å². The molecule has 0 amide bonds. The fraction of sp³-hybridized carbons (Fsp3) is 0.235. The van der Waals surface area contributed by atoms with E-state index in [1.54, 1.807) is 6.92 Å². The van der Waals surface area contributed by atoms with Crippen molar-refractivity contribution in [2.24, 2.45) is 0 Å². The highest BCUT2D eigenvalue weighted by atomic mass is 16.1. The number of carbonyl (C=O) groups excluding carboxylic acids is 1. The number of Topliss-reactive ketones (excluding diaryl/α,β-unsaturated/α-hetero) is 1. The number of benzene rings is 2. The van der Waals surface area contributed by atoms with Crippen LogP contribution in [0.3, 0.4) is 0 Å². The van der Waals surface area contributed by atoms with Crippen LogP contribution >= 0.6 is 0 Å². The number of nitrogens with one attached hydrogen (secondary N) is 1. The number of hydrogen-bond donors (Lipinski definition) is 1. The van der Waals surface area contributed by atoms with Crippen molar-refractivity contribution in [2.75, 3.05) is 11.9 Å². The van der Waals surface area contributed by atoms with Crippen LogP contribution in [0.2, 0.25) is 0 Å². The van der Waals surface area contributed by atoms with Crippen molar-refractivity contribution in [1.29, 1.82) is 0 Å². The minimum absolute atomic E-state index is 0.105. The van der Waals surface area contributed by atoms with Crippen molar-refractivity contribution in [3.8, 4) is 0 Å². The Bertz CT molecular complexity index is 534. The molecule has 2 aromatic rings. The van der Waals surface area contributed by atoms with E-state index in [4.69, 9.17) is 0 Å². The van der Waals surface area contributed by atoms with Crippen LogP contribution in [0.4, 0.5) is 5.69 Å². The Labute approximate surface area is 114 Å². The van der Waals surface area contributed by atoms with Crippen LogP contribution in [-0.2, 0) is 6.42 Å². The van der Waals surface area contributed by atoms with Gasteiger partial charge in [0.05, 0.1) is 0 Å². The predicted octanol–water partition coefficient (Wildman–Crippen LogP) is 3.93. The van der Waals surface area contributed by atoms with E-state index in [1.807, 2.05) is 30.3 Å². The van der Waals surface area contributed by atoms with Gasteiger partial charge in [0.25, 0.3) is 0 Å². The lowest BCUT2D eigenvalue weighted by atomic mass is 10.1. The fourth-order valence-corrected chi connectivity index (χ4v) is 2.02. The maximum absolute atomic E-state index is 11.3. The molecule has 0 fully saturated rings. The zero-order valence-corrected chi connectivity index (χ0v) is 11.2. The van der Waals surface area contributed by atoms with Gasteiger partial charge in [-0.25, -0.2) is 0 Å². The smallest absolute Gasteiger partial charge is 0.159 e. The number of aryl methyl sites for hydroxylation is 1. The van der Waals surface area contributed by atoms with E-state index in [0.717, 1.165) is 30.6 Å². The molecule has 98 valence electrons. The van der Waals surface area contributed by atoms with Gasteiger partial charge in [-0.2, -0.15) is 0 Å². The molecule has 0 aliphatic heterocycles.